The summed E-state index contributed by atoms with van der Waals surface area (Å²) in [6, 6.07) is 4.94. The van der Waals surface area contributed by atoms with Crippen LogP contribution in [0, 0.1) is 0 Å². The first-order valence-electron chi connectivity index (χ1n) is 5.31. The van der Waals surface area contributed by atoms with Crippen LogP contribution in [0.4, 0.5) is 8.78 Å². The summed E-state index contributed by atoms with van der Waals surface area (Å²) in [6.07, 6.45) is 2.02. The predicted octanol–water partition coefficient (Wildman–Crippen LogP) is 3.58. The van der Waals surface area contributed by atoms with Crippen LogP contribution in [0.5, 0.6) is 0 Å². The summed E-state index contributed by atoms with van der Waals surface area (Å²) in [7, 11) is 0. The Kier molecular flexibility index (Phi) is 3.35. The zero-order valence-corrected chi connectivity index (χ0v) is 10.1. The van der Waals surface area contributed by atoms with Gasteiger partial charge in [-0.15, -0.1) is 0 Å². The molecule has 92 valence electrons. The van der Waals surface area contributed by atoms with Crippen molar-refractivity contribution in [1.29, 1.82) is 0 Å². The molecule has 0 fully saturated rings. The molecule has 1 unspecified atom stereocenters. The minimum absolute atomic E-state index is 0.0672. The molecule has 1 aromatic heterocycles. The highest BCUT2D eigenvalue weighted by atomic mass is 35.5. The fourth-order valence-corrected chi connectivity index (χ4v) is 2.13. The van der Waals surface area contributed by atoms with E-state index in [1.807, 2.05) is 6.92 Å². The third kappa shape index (κ3) is 2.42. The van der Waals surface area contributed by atoms with Gasteiger partial charge in [-0.2, -0.15) is 8.78 Å². The number of halogens is 3. The minimum Gasteiger partial charge on any atom is -0.328 e. The lowest BCUT2D eigenvalue weighted by molar-refractivity contribution is 0.0751. The summed E-state index contributed by atoms with van der Waals surface area (Å²) in [5.74, 6) is 0. The van der Waals surface area contributed by atoms with Crippen LogP contribution < -0.4 is 5.73 Å². The van der Waals surface area contributed by atoms with Gasteiger partial charge in [0.25, 0.3) is 0 Å². The summed E-state index contributed by atoms with van der Waals surface area (Å²) < 4.78 is 26.7. The maximum atomic E-state index is 12.9. The molecule has 1 aromatic carbocycles. The largest absolute Gasteiger partial charge is 0.328 e. The number of alkyl halides is 2. The van der Waals surface area contributed by atoms with Gasteiger partial charge in [0, 0.05) is 22.6 Å². The van der Waals surface area contributed by atoms with E-state index in [0.717, 1.165) is 15.5 Å². The normalized spacial score (nSPS) is 13.5. The quantitative estimate of drug-likeness (QED) is 0.896. The Balaban J connectivity index is 2.62. The van der Waals surface area contributed by atoms with Crippen molar-refractivity contribution in [2.24, 2.45) is 5.73 Å². The lowest BCUT2D eigenvalue weighted by Gasteiger charge is -2.02. The van der Waals surface area contributed by atoms with E-state index in [1.54, 1.807) is 18.2 Å². The van der Waals surface area contributed by atoms with Crippen molar-refractivity contribution in [3.05, 3.63) is 35.0 Å². The zero-order valence-electron chi connectivity index (χ0n) is 9.33. The number of benzene rings is 1. The maximum absolute atomic E-state index is 12.9. The van der Waals surface area contributed by atoms with Gasteiger partial charge in [0.15, 0.2) is 0 Å². The van der Waals surface area contributed by atoms with Crippen LogP contribution >= 0.6 is 11.6 Å². The summed E-state index contributed by atoms with van der Waals surface area (Å²) in [4.78, 5) is 0. The van der Waals surface area contributed by atoms with E-state index in [-0.39, 0.29) is 6.04 Å². The zero-order chi connectivity index (χ0) is 12.6. The van der Waals surface area contributed by atoms with Crippen molar-refractivity contribution in [1.82, 2.24) is 4.57 Å². The monoisotopic (exact) mass is 258 g/mol. The Morgan fingerprint density at radius 2 is 2.12 bits per heavy atom. The van der Waals surface area contributed by atoms with Crippen LogP contribution in [-0.2, 0) is 6.42 Å². The van der Waals surface area contributed by atoms with Gasteiger partial charge in [0.1, 0.15) is 0 Å². The fourth-order valence-electron chi connectivity index (χ4n) is 1.97. The SMILES string of the molecule is CC(N)Cc1cn(C(F)F)c2cc(Cl)ccc12. The van der Waals surface area contributed by atoms with Crippen molar-refractivity contribution in [2.45, 2.75) is 25.9 Å². The second-order valence-electron chi connectivity index (χ2n) is 4.18. The van der Waals surface area contributed by atoms with E-state index >= 15 is 0 Å². The first-order valence-corrected chi connectivity index (χ1v) is 5.69. The van der Waals surface area contributed by atoms with Gasteiger partial charge in [0.2, 0.25) is 0 Å². The smallest absolute Gasteiger partial charge is 0.319 e. The Morgan fingerprint density at radius 1 is 1.41 bits per heavy atom. The molecule has 2 nitrogen and oxygen atoms in total. The third-order valence-electron chi connectivity index (χ3n) is 2.63. The van der Waals surface area contributed by atoms with Crippen LogP contribution in [-0.4, -0.2) is 10.6 Å². The van der Waals surface area contributed by atoms with E-state index in [2.05, 4.69) is 0 Å². The lowest BCUT2D eigenvalue weighted by Crippen LogP contribution is -2.17. The molecule has 0 amide bonds. The minimum atomic E-state index is -2.57. The molecule has 1 atom stereocenters. The molecule has 0 saturated carbocycles. The number of nitrogens with zero attached hydrogens (tertiary/aromatic N) is 1. The third-order valence-corrected chi connectivity index (χ3v) is 2.87. The van der Waals surface area contributed by atoms with Crippen molar-refractivity contribution in [3.63, 3.8) is 0 Å². The Morgan fingerprint density at radius 3 is 2.71 bits per heavy atom. The highest BCUT2D eigenvalue weighted by molar-refractivity contribution is 6.31. The van der Waals surface area contributed by atoms with Gasteiger partial charge < -0.3 is 5.73 Å². The maximum Gasteiger partial charge on any atom is 0.319 e. The summed E-state index contributed by atoms with van der Waals surface area (Å²) in [5.41, 5.74) is 6.98. The van der Waals surface area contributed by atoms with Crippen molar-refractivity contribution < 1.29 is 8.78 Å². The second-order valence-corrected chi connectivity index (χ2v) is 4.62. The van der Waals surface area contributed by atoms with Crippen LogP contribution in [0.2, 0.25) is 5.02 Å². The Hall–Kier alpha value is -1.13. The number of rotatable bonds is 3. The number of aromatic nitrogens is 1. The van der Waals surface area contributed by atoms with Crippen LogP contribution in [0.15, 0.2) is 24.4 Å². The van der Waals surface area contributed by atoms with Gasteiger partial charge in [0.05, 0.1) is 5.52 Å². The average molecular weight is 259 g/mol. The molecule has 2 rings (SSSR count). The van der Waals surface area contributed by atoms with E-state index in [1.165, 1.54) is 6.20 Å². The van der Waals surface area contributed by atoms with Crippen LogP contribution in [0.3, 0.4) is 0 Å². The molecule has 0 spiro atoms. The molecule has 17 heavy (non-hydrogen) atoms. The highest BCUT2D eigenvalue weighted by Gasteiger charge is 2.15. The van der Waals surface area contributed by atoms with Crippen molar-refractivity contribution in [2.75, 3.05) is 0 Å². The molecular weight excluding hydrogens is 246 g/mol. The fraction of sp³-hybridized carbons (Fsp3) is 0.333. The summed E-state index contributed by atoms with van der Waals surface area (Å²) in [6.45, 7) is -0.723. The number of hydrogen-bond acceptors (Lipinski definition) is 1. The molecular formula is C12H13ClF2N2. The van der Waals surface area contributed by atoms with Gasteiger partial charge in [-0.3, -0.25) is 4.57 Å². The molecule has 2 aromatic rings. The van der Waals surface area contributed by atoms with Gasteiger partial charge in [-0.25, -0.2) is 0 Å². The predicted molar refractivity (Wildman–Crippen MR) is 65.6 cm³/mol. The second kappa shape index (κ2) is 4.63. The van der Waals surface area contributed by atoms with Gasteiger partial charge in [-0.1, -0.05) is 17.7 Å². The Labute approximate surface area is 103 Å². The van der Waals surface area contributed by atoms with E-state index < -0.39 is 6.55 Å². The number of nitrogens with two attached hydrogens (primary N) is 1. The van der Waals surface area contributed by atoms with E-state index in [0.29, 0.717) is 17.0 Å². The molecule has 0 radical (unpaired) electrons. The molecule has 0 aliphatic carbocycles. The molecule has 0 bridgehead atoms. The first kappa shape index (κ1) is 12.3. The summed E-state index contributed by atoms with van der Waals surface area (Å²) >= 11 is 5.83. The molecule has 0 aliphatic heterocycles. The van der Waals surface area contributed by atoms with Gasteiger partial charge >= 0.3 is 6.55 Å². The van der Waals surface area contributed by atoms with E-state index in [9.17, 15) is 8.78 Å². The first-order chi connectivity index (χ1) is 7.99. The average Bonchev–Trinajstić information content (AvgIpc) is 2.55. The van der Waals surface area contributed by atoms with Crippen LogP contribution in [0.25, 0.3) is 10.9 Å². The molecule has 5 heteroatoms. The summed E-state index contributed by atoms with van der Waals surface area (Å²) in [5, 5.41) is 1.23. The van der Waals surface area contributed by atoms with Gasteiger partial charge in [-0.05, 0) is 31.0 Å². The topological polar surface area (TPSA) is 30.9 Å². The highest BCUT2D eigenvalue weighted by Crippen LogP contribution is 2.29. The van der Waals surface area contributed by atoms with Crippen LogP contribution in [0.1, 0.15) is 19.0 Å². The Bertz CT molecular complexity index is 535. The lowest BCUT2D eigenvalue weighted by atomic mass is 10.1. The van der Waals surface area contributed by atoms with E-state index in [4.69, 9.17) is 17.3 Å². The molecule has 1 heterocycles. The molecule has 0 aliphatic rings. The van der Waals surface area contributed by atoms with Crippen molar-refractivity contribution in [3.8, 4) is 0 Å². The number of hydrogen-bond donors (Lipinski definition) is 1. The number of fused-ring (bicyclic) bond motifs is 1. The van der Waals surface area contributed by atoms with Crippen molar-refractivity contribution >= 4 is 22.5 Å². The molecule has 0 saturated heterocycles. The molecule has 2 N–H and O–H groups in total. The standard InChI is InChI=1S/C12H13ClF2N2/c1-7(16)4-8-6-17(12(14)15)11-5-9(13)2-3-10(8)11/h2-3,5-7,12H,4,16H2,1H3.